The van der Waals surface area contributed by atoms with Crippen molar-refractivity contribution in [1.29, 1.82) is 5.26 Å². The minimum atomic E-state index is -3.92. The molecule has 2 heterocycles. The Morgan fingerprint density at radius 3 is 2.49 bits per heavy atom. The zero-order valence-electron chi connectivity index (χ0n) is 20.7. The van der Waals surface area contributed by atoms with E-state index in [0.29, 0.717) is 63.3 Å². The van der Waals surface area contributed by atoms with Crippen molar-refractivity contribution in [1.82, 2.24) is 0 Å². The lowest BCUT2D eigenvalue weighted by Gasteiger charge is -2.39. The molecule has 2 N–H and O–H groups in total. The summed E-state index contributed by atoms with van der Waals surface area (Å²) in [4.78, 5) is 19.8. The number of allylic oxidation sites excluding steroid dienone is 3. The molecule has 2 aromatic carbocycles. The predicted molar refractivity (Wildman–Crippen MR) is 149 cm³/mol. The number of sulfonamides is 1. The van der Waals surface area contributed by atoms with Crippen molar-refractivity contribution >= 4 is 50.9 Å². The monoisotopic (exact) mass is 580 g/mol. The SMILES string of the molecule is Cc1ccc(/C=N/C2=C(C#N)C(c3ccc(Cl)cc3Cl)C3=C(CCCC3=O)N2c2ccc(S(N)(=O)=O)cc2)o1. The van der Waals surface area contributed by atoms with Gasteiger partial charge in [-0.25, -0.2) is 18.5 Å². The standard InChI is InChI=1S/C28H22Cl2N4O4S/c1-16-5-9-19(38-16)15-33-28-22(14-31)26(21-12-6-17(29)13-23(21)30)27-24(3-2-4-25(27)35)34(28)18-7-10-20(11-8-18)39(32,36)37/h5-13,15,26H,2-4H2,1H3,(H2,32,36,37)/b33-15+. The van der Waals surface area contributed by atoms with E-state index in [2.05, 4.69) is 6.07 Å². The summed E-state index contributed by atoms with van der Waals surface area (Å²) in [5.74, 6) is 0.560. The molecule has 198 valence electrons. The van der Waals surface area contributed by atoms with Gasteiger partial charge in [0.05, 0.1) is 28.7 Å². The maximum Gasteiger partial charge on any atom is 0.238 e. The van der Waals surface area contributed by atoms with Crippen molar-refractivity contribution < 1.29 is 17.6 Å². The molecule has 0 spiro atoms. The number of aliphatic imine (C=N–C) groups is 1. The van der Waals surface area contributed by atoms with Gasteiger partial charge in [0.25, 0.3) is 0 Å². The zero-order valence-corrected chi connectivity index (χ0v) is 23.0. The number of hydrogen-bond donors (Lipinski definition) is 1. The lowest BCUT2D eigenvalue weighted by atomic mass is 9.75. The van der Waals surface area contributed by atoms with Gasteiger partial charge in [-0.05, 0) is 73.9 Å². The number of nitrogens with two attached hydrogens (primary N) is 1. The van der Waals surface area contributed by atoms with Gasteiger partial charge in [-0.2, -0.15) is 5.26 Å². The van der Waals surface area contributed by atoms with Crippen LogP contribution in [0.25, 0.3) is 0 Å². The van der Waals surface area contributed by atoms with Crippen molar-refractivity contribution in [3.8, 4) is 6.07 Å². The summed E-state index contributed by atoms with van der Waals surface area (Å²) < 4.78 is 29.4. The van der Waals surface area contributed by atoms with Gasteiger partial charge in [0, 0.05) is 33.4 Å². The molecule has 1 atom stereocenters. The molecule has 1 aliphatic heterocycles. The maximum atomic E-state index is 13.5. The van der Waals surface area contributed by atoms with Crippen LogP contribution >= 0.6 is 23.2 Å². The fourth-order valence-corrected chi connectivity index (χ4v) is 5.96. The summed E-state index contributed by atoms with van der Waals surface area (Å²) in [6.45, 7) is 1.81. The first-order chi connectivity index (χ1) is 18.6. The number of furan rings is 1. The van der Waals surface area contributed by atoms with Crippen LogP contribution in [0.5, 0.6) is 0 Å². The Hall–Kier alpha value is -3.68. The summed E-state index contributed by atoms with van der Waals surface area (Å²) in [5.41, 5.74) is 2.38. The van der Waals surface area contributed by atoms with Crippen molar-refractivity contribution in [2.24, 2.45) is 10.1 Å². The fourth-order valence-electron chi connectivity index (χ4n) is 4.93. The van der Waals surface area contributed by atoms with E-state index in [1.54, 1.807) is 54.3 Å². The van der Waals surface area contributed by atoms with Crippen molar-refractivity contribution in [3.05, 3.63) is 104 Å². The van der Waals surface area contributed by atoms with Gasteiger partial charge in [-0.1, -0.05) is 29.3 Å². The Morgan fingerprint density at radius 2 is 1.87 bits per heavy atom. The molecular formula is C28H22Cl2N4O4S. The van der Waals surface area contributed by atoms with Gasteiger partial charge < -0.3 is 4.42 Å². The smallest absolute Gasteiger partial charge is 0.238 e. The van der Waals surface area contributed by atoms with Crippen LogP contribution in [-0.2, 0) is 14.8 Å². The second kappa shape index (κ2) is 10.5. The second-order valence-corrected chi connectivity index (χ2v) is 11.6. The molecule has 39 heavy (non-hydrogen) atoms. The minimum Gasteiger partial charge on any atom is -0.460 e. The molecule has 0 radical (unpaired) electrons. The van der Waals surface area contributed by atoms with Crippen LogP contribution in [0.1, 0.15) is 42.3 Å². The number of rotatable bonds is 5. The Bertz CT molecular complexity index is 1730. The first-order valence-electron chi connectivity index (χ1n) is 12.0. The number of carbonyl (C=O) groups is 1. The summed E-state index contributed by atoms with van der Waals surface area (Å²) in [6.07, 6.45) is 2.95. The number of ketones is 1. The number of nitrogens with zero attached hydrogens (tertiary/aromatic N) is 3. The van der Waals surface area contributed by atoms with E-state index in [1.165, 1.54) is 18.3 Å². The van der Waals surface area contributed by atoms with Crippen LogP contribution < -0.4 is 10.0 Å². The van der Waals surface area contributed by atoms with E-state index in [1.807, 2.05) is 0 Å². The molecular weight excluding hydrogens is 559 g/mol. The average Bonchev–Trinajstić information content (AvgIpc) is 3.31. The number of aryl methyl sites for hydroxylation is 1. The van der Waals surface area contributed by atoms with Crippen molar-refractivity contribution in [3.63, 3.8) is 0 Å². The molecule has 1 aromatic heterocycles. The highest BCUT2D eigenvalue weighted by Gasteiger charge is 2.41. The molecule has 2 aliphatic rings. The number of hydrogen-bond acceptors (Lipinski definition) is 7. The average molecular weight is 581 g/mol. The van der Waals surface area contributed by atoms with Gasteiger partial charge in [0.15, 0.2) is 11.6 Å². The van der Waals surface area contributed by atoms with E-state index < -0.39 is 15.9 Å². The highest BCUT2D eigenvalue weighted by Crippen LogP contribution is 2.49. The van der Waals surface area contributed by atoms with E-state index in [9.17, 15) is 18.5 Å². The molecule has 0 saturated carbocycles. The topological polar surface area (TPSA) is 130 Å². The molecule has 3 aromatic rings. The third kappa shape index (κ3) is 5.16. The number of primary sulfonamides is 1. The largest absolute Gasteiger partial charge is 0.460 e. The molecule has 8 nitrogen and oxygen atoms in total. The number of Topliss-reactive ketones (excluding diaryl/α,β-unsaturated/α-hetero) is 1. The van der Waals surface area contributed by atoms with Gasteiger partial charge in [-0.15, -0.1) is 0 Å². The van der Waals surface area contributed by atoms with E-state index in [-0.39, 0.29) is 22.1 Å². The summed E-state index contributed by atoms with van der Waals surface area (Å²) in [7, 11) is -3.92. The summed E-state index contributed by atoms with van der Waals surface area (Å²) in [5, 5.41) is 16.5. The zero-order chi connectivity index (χ0) is 27.9. The molecule has 5 rings (SSSR count). The maximum absolute atomic E-state index is 13.5. The van der Waals surface area contributed by atoms with Crippen LogP contribution in [0.3, 0.4) is 0 Å². The third-order valence-corrected chi connectivity index (χ3v) is 8.11. The first kappa shape index (κ1) is 26.9. The summed E-state index contributed by atoms with van der Waals surface area (Å²) >= 11 is 12.8. The summed E-state index contributed by atoms with van der Waals surface area (Å²) in [6, 6.07) is 16.7. The van der Waals surface area contributed by atoms with Crippen LogP contribution in [0.15, 0.2) is 91.6 Å². The van der Waals surface area contributed by atoms with Crippen LogP contribution in [-0.4, -0.2) is 20.4 Å². The molecule has 1 unspecified atom stereocenters. The first-order valence-corrected chi connectivity index (χ1v) is 14.3. The third-order valence-electron chi connectivity index (χ3n) is 6.62. The number of carbonyl (C=O) groups excluding carboxylic acids is 1. The highest BCUT2D eigenvalue weighted by molar-refractivity contribution is 7.89. The molecule has 0 bridgehead atoms. The van der Waals surface area contributed by atoms with Crippen molar-refractivity contribution in [2.75, 3.05) is 4.90 Å². The number of nitriles is 1. The van der Waals surface area contributed by atoms with E-state index in [4.69, 9.17) is 37.8 Å². The van der Waals surface area contributed by atoms with Crippen molar-refractivity contribution in [2.45, 2.75) is 37.0 Å². The lowest BCUT2D eigenvalue weighted by molar-refractivity contribution is -0.116. The number of halogens is 2. The van der Waals surface area contributed by atoms with Gasteiger partial charge in [-0.3, -0.25) is 9.69 Å². The van der Waals surface area contributed by atoms with Gasteiger partial charge in [0.2, 0.25) is 10.0 Å². The van der Waals surface area contributed by atoms with E-state index in [0.717, 1.165) is 0 Å². The molecule has 0 saturated heterocycles. The fraction of sp³-hybridized carbons (Fsp3) is 0.179. The van der Waals surface area contributed by atoms with Crippen LogP contribution in [0.2, 0.25) is 10.0 Å². The molecule has 11 heteroatoms. The van der Waals surface area contributed by atoms with Gasteiger partial charge >= 0.3 is 0 Å². The Morgan fingerprint density at radius 1 is 1.13 bits per heavy atom. The molecule has 0 fully saturated rings. The Kier molecular flexibility index (Phi) is 7.23. The minimum absolute atomic E-state index is 0.0661. The lowest BCUT2D eigenvalue weighted by Crippen LogP contribution is -2.35. The second-order valence-electron chi connectivity index (χ2n) is 9.17. The normalized spacial score (nSPS) is 18.1. The molecule has 1 aliphatic carbocycles. The highest BCUT2D eigenvalue weighted by atomic mass is 35.5. The van der Waals surface area contributed by atoms with E-state index >= 15 is 0 Å². The number of anilines is 1. The Balaban J connectivity index is 1.78. The number of benzene rings is 2. The molecule has 0 amide bonds. The Labute approximate surface area is 235 Å². The quantitative estimate of drug-likeness (QED) is 0.368. The van der Waals surface area contributed by atoms with Crippen LogP contribution in [0.4, 0.5) is 5.69 Å². The van der Waals surface area contributed by atoms with Gasteiger partial charge in [0.1, 0.15) is 11.5 Å². The van der Waals surface area contributed by atoms with Crippen LogP contribution in [0, 0.1) is 18.3 Å². The predicted octanol–water partition coefficient (Wildman–Crippen LogP) is 6.01.